The Kier molecular flexibility index (Phi) is 6.81. The highest BCUT2D eigenvalue weighted by Crippen LogP contribution is 2.31. The molecule has 6 heteroatoms. The third kappa shape index (κ3) is 5.15. The first-order valence-corrected chi connectivity index (χ1v) is 7.27. The molecule has 1 aromatic carbocycles. The molecule has 0 radical (unpaired) electrons. The fraction of sp³-hybridized carbons (Fsp3) is 0.333. The van der Waals surface area contributed by atoms with Gasteiger partial charge in [-0.1, -0.05) is 23.9 Å². The van der Waals surface area contributed by atoms with Crippen LogP contribution in [0.2, 0.25) is 0 Å². The lowest BCUT2D eigenvalue weighted by molar-refractivity contribution is -0.109. The molecule has 21 heavy (non-hydrogen) atoms. The predicted molar refractivity (Wildman–Crippen MR) is 83.3 cm³/mol. The molecule has 0 aromatic heterocycles. The highest BCUT2D eigenvalue weighted by atomic mass is 32.2. The van der Waals surface area contributed by atoms with Gasteiger partial charge in [0.25, 0.3) is 0 Å². The maximum absolute atomic E-state index is 11.3. The number of benzene rings is 1. The van der Waals surface area contributed by atoms with Gasteiger partial charge in [0.1, 0.15) is 0 Å². The molecule has 0 saturated heterocycles. The van der Waals surface area contributed by atoms with Crippen molar-refractivity contribution in [1.29, 1.82) is 0 Å². The molecule has 0 bridgehead atoms. The Morgan fingerprint density at radius 3 is 2.38 bits per heavy atom. The summed E-state index contributed by atoms with van der Waals surface area (Å²) in [7, 11) is 2.95. The van der Waals surface area contributed by atoms with Gasteiger partial charge >= 0.3 is 5.97 Å². The van der Waals surface area contributed by atoms with Crippen LogP contribution < -0.4 is 9.47 Å². The molecule has 0 saturated carbocycles. The lowest BCUT2D eigenvalue weighted by Crippen LogP contribution is -2.02. The number of thioether (sulfide) groups is 1. The number of methoxy groups -OCH3 is 2. The Hall–Kier alpha value is -1.95. The van der Waals surface area contributed by atoms with Gasteiger partial charge in [-0.2, -0.15) is 0 Å². The normalized spacial score (nSPS) is 10.6. The van der Waals surface area contributed by atoms with Crippen LogP contribution in [-0.2, 0) is 4.79 Å². The van der Waals surface area contributed by atoms with Crippen LogP contribution in [0.4, 0.5) is 0 Å². The molecule has 114 valence electrons. The second-order valence-corrected chi connectivity index (χ2v) is 5.40. The average molecular weight is 310 g/mol. The van der Waals surface area contributed by atoms with Gasteiger partial charge in [-0.25, -0.2) is 4.79 Å². The van der Waals surface area contributed by atoms with Gasteiger partial charge in [0.2, 0.25) is 0 Å². The number of carboxylic acids is 1. The number of hydrogen-bond donors (Lipinski definition) is 1. The van der Waals surface area contributed by atoms with E-state index in [-0.39, 0.29) is 10.7 Å². The highest BCUT2D eigenvalue weighted by molar-refractivity contribution is 8.13. The monoisotopic (exact) mass is 310 g/mol. The van der Waals surface area contributed by atoms with Crippen molar-refractivity contribution >= 4 is 28.9 Å². The van der Waals surface area contributed by atoms with Crippen LogP contribution in [0.1, 0.15) is 29.3 Å². The molecule has 1 rings (SSSR count). The molecule has 0 atom stereocenters. The number of carboxylic acid groups (broad SMARTS) is 1. The minimum atomic E-state index is -1.03. The second kappa shape index (κ2) is 8.36. The number of aromatic carboxylic acids is 1. The molecule has 0 heterocycles. The average Bonchev–Trinajstić information content (AvgIpc) is 2.45. The number of ether oxygens (including phenoxy) is 2. The minimum Gasteiger partial charge on any atom is -0.493 e. The standard InChI is InChI=1S/C15H18O5S/c1-10(16)21-7-5-4-6-11-8-13(19-2)14(20-3)9-12(11)15(17)18/h4,6,8-9H,5,7H2,1-3H3,(H,17,18). The smallest absolute Gasteiger partial charge is 0.336 e. The van der Waals surface area contributed by atoms with Crippen LogP contribution in [0.5, 0.6) is 11.5 Å². The fourth-order valence-electron chi connectivity index (χ4n) is 1.70. The zero-order valence-electron chi connectivity index (χ0n) is 12.2. The van der Waals surface area contributed by atoms with Gasteiger partial charge in [-0.05, 0) is 24.1 Å². The second-order valence-electron chi connectivity index (χ2n) is 4.13. The highest BCUT2D eigenvalue weighted by Gasteiger charge is 2.14. The summed E-state index contributed by atoms with van der Waals surface area (Å²) in [6.07, 6.45) is 4.23. The lowest BCUT2D eigenvalue weighted by atomic mass is 10.1. The van der Waals surface area contributed by atoms with E-state index < -0.39 is 5.97 Å². The largest absolute Gasteiger partial charge is 0.493 e. The van der Waals surface area contributed by atoms with Crippen LogP contribution >= 0.6 is 11.8 Å². The van der Waals surface area contributed by atoms with E-state index in [1.807, 2.05) is 6.08 Å². The number of carbonyl (C=O) groups is 2. The molecule has 0 aliphatic heterocycles. The first kappa shape index (κ1) is 17.1. The van der Waals surface area contributed by atoms with Crippen LogP contribution in [0, 0.1) is 0 Å². The third-order valence-electron chi connectivity index (χ3n) is 2.67. The van der Waals surface area contributed by atoms with Gasteiger partial charge < -0.3 is 14.6 Å². The summed E-state index contributed by atoms with van der Waals surface area (Å²) in [5.74, 6) is 0.481. The van der Waals surface area contributed by atoms with Crippen molar-refractivity contribution in [3.63, 3.8) is 0 Å². The molecule has 0 aliphatic carbocycles. The zero-order chi connectivity index (χ0) is 15.8. The van der Waals surface area contributed by atoms with Crippen molar-refractivity contribution in [1.82, 2.24) is 0 Å². The van der Waals surface area contributed by atoms with Crippen LogP contribution in [0.3, 0.4) is 0 Å². The van der Waals surface area contributed by atoms with Gasteiger partial charge in [0, 0.05) is 12.7 Å². The summed E-state index contributed by atoms with van der Waals surface area (Å²) >= 11 is 1.24. The van der Waals surface area contributed by atoms with E-state index in [4.69, 9.17) is 9.47 Å². The molecule has 0 fully saturated rings. The number of carbonyl (C=O) groups excluding carboxylic acids is 1. The quantitative estimate of drug-likeness (QED) is 0.780. The van der Waals surface area contributed by atoms with E-state index in [9.17, 15) is 14.7 Å². The van der Waals surface area contributed by atoms with Gasteiger partial charge in [-0.15, -0.1) is 0 Å². The Labute approximate surface area is 127 Å². The van der Waals surface area contributed by atoms with Crippen LogP contribution in [0.15, 0.2) is 18.2 Å². The summed E-state index contributed by atoms with van der Waals surface area (Å²) < 4.78 is 10.3. The van der Waals surface area contributed by atoms with Crippen LogP contribution in [0.25, 0.3) is 6.08 Å². The summed E-state index contributed by atoms with van der Waals surface area (Å²) in [6, 6.07) is 3.06. The molecule has 1 aromatic rings. The first-order valence-electron chi connectivity index (χ1n) is 6.28. The molecule has 0 aliphatic rings. The minimum absolute atomic E-state index is 0.0701. The summed E-state index contributed by atoms with van der Waals surface area (Å²) in [5, 5.41) is 9.32. The molecule has 5 nitrogen and oxygen atoms in total. The number of rotatable bonds is 7. The van der Waals surface area contributed by atoms with E-state index in [2.05, 4.69) is 0 Å². The Bertz CT molecular complexity index is 551. The maximum atomic E-state index is 11.3. The third-order valence-corrected chi connectivity index (χ3v) is 3.52. The number of allylic oxidation sites excluding steroid dienone is 1. The van der Waals surface area contributed by atoms with Crippen LogP contribution in [-0.4, -0.2) is 36.2 Å². The van der Waals surface area contributed by atoms with Crippen molar-refractivity contribution in [2.45, 2.75) is 13.3 Å². The molecule has 0 spiro atoms. The van der Waals surface area contributed by atoms with Crippen molar-refractivity contribution in [2.75, 3.05) is 20.0 Å². The Balaban J connectivity index is 2.96. The number of hydrogen-bond acceptors (Lipinski definition) is 5. The molecular weight excluding hydrogens is 292 g/mol. The first-order chi connectivity index (χ1) is 9.99. The van der Waals surface area contributed by atoms with E-state index in [0.717, 1.165) is 0 Å². The fourth-order valence-corrected chi connectivity index (χ4v) is 2.24. The Morgan fingerprint density at radius 1 is 1.24 bits per heavy atom. The summed E-state index contributed by atoms with van der Waals surface area (Å²) in [5.41, 5.74) is 0.677. The van der Waals surface area contributed by atoms with E-state index in [1.54, 1.807) is 12.1 Å². The summed E-state index contributed by atoms with van der Waals surface area (Å²) in [4.78, 5) is 22.1. The topological polar surface area (TPSA) is 72.8 Å². The predicted octanol–water partition coefficient (Wildman–Crippen LogP) is 3.09. The maximum Gasteiger partial charge on any atom is 0.336 e. The van der Waals surface area contributed by atoms with Gasteiger partial charge in [0.05, 0.1) is 19.8 Å². The lowest BCUT2D eigenvalue weighted by Gasteiger charge is -2.10. The van der Waals surface area contributed by atoms with Gasteiger partial charge in [0.15, 0.2) is 16.6 Å². The Morgan fingerprint density at radius 2 is 1.86 bits per heavy atom. The van der Waals surface area contributed by atoms with Crippen molar-refractivity contribution in [3.8, 4) is 11.5 Å². The molecule has 1 N–H and O–H groups in total. The van der Waals surface area contributed by atoms with Crippen molar-refractivity contribution in [3.05, 3.63) is 29.3 Å². The van der Waals surface area contributed by atoms with Gasteiger partial charge in [-0.3, -0.25) is 4.79 Å². The van der Waals surface area contributed by atoms with Crippen molar-refractivity contribution in [2.24, 2.45) is 0 Å². The molecular formula is C15H18O5S. The van der Waals surface area contributed by atoms with E-state index in [1.165, 1.54) is 39.0 Å². The SMILES string of the molecule is COc1cc(C=CCCSC(C)=O)c(C(=O)O)cc1OC. The molecule has 0 amide bonds. The zero-order valence-corrected chi connectivity index (χ0v) is 13.0. The van der Waals surface area contributed by atoms with E-state index >= 15 is 0 Å². The van der Waals surface area contributed by atoms with Crippen molar-refractivity contribution < 1.29 is 24.2 Å². The van der Waals surface area contributed by atoms with E-state index in [0.29, 0.717) is 29.2 Å². The summed E-state index contributed by atoms with van der Waals surface area (Å²) in [6.45, 7) is 1.52. The molecule has 0 unspecified atom stereocenters.